The molecular weight excluding hydrogens is 374 g/mol. The number of hydrazone groups is 1. The van der Waals surface area contributed by atoms with Crippen LogP contribution < -0.4 is 14.9 Å². The molecule has 0 unspecified atom stereocenters. The van der Waals surface area contributed by atoms with Crippen molar-refractivity contribution in [3.8, 4) is 17.6 Å². The number of ether oxygens (including phenoxy) is 2. The summed E-state index contributed by atoms with van der Waals surface area (Å²) < 4.78 is 11.4. The van der Waals surface area contributed by atoms with Crippen molar-refractivity contribution < 1.29 is 14.3 Å². The van der Waals surface area contributed by atoms with Gasteiger partial charge in [-0.3, -0.25) is 4.79 Å². The number of carbonyl (C=O) groups is 1. The van der Waals surface area contributed by atoms with Crippen LogP contribution in [0.2, 0.25) is 0 Å². The minimum Gasteiger partial charge on any atom is -0.484 e. The summed E-state index contributed by atoms with van der Waals surface area (Å²) in [6.07, 6.45) is 1.51. The Morgan fingerprint density at radius 3 is 2.42 bits per heavy atom. The summed E-state index contributed by atoms with van der Waals surface area (Å²) in [6.45, 7) is -0.123. The number of hydrogen-bond donors (Lipinski definition) is 1. The van der Waals surface area contributed by atoms with Crippen molar-refractivity contribution in [3.05, 3.63) is 58.6 Å². The van der Waals surface area contributed by atoms with Crippen LogP contribution in [0.3, 0.4) is 0 Å². The zero-order valence-electron chi connectivity index (χ0n) is 12.6. The third-order valence-electron chi connectivity index (χ3n) is 2.77. The molecule has 1 N–H and O–H groups in total. The van der Waals surface area contributed by atoms with Gasteiger partial charge >= 0.3 is 0 Å². The van der Waals surface area contributed by atoms with Crippen LogP contribution in [0.25, 0.3) is 0 Å². The molecule has 0 radical (unpaired) electrons. The molecule has 0 saturated carbocycles. The first-order chi connectivity index (χ1) is 11.7. The van der Waals surface area contributed by atoms with Crippen molar-refractivity contribution in [2.45, 2.75) is 0 Å². The number of amides is 1. The van der Waals surface area contributed by atoms with Crippen molar-refractivity contribution in [2.75, 3.05) is 13.2 Å². The standard InChI is InChI=1S/C17H14BrN3O3/c18-14-3-7-16(8-4-14)24-12-17(22)21-20-11-13-1-5-15(6-2-13)23-10-9-19/h1-8,11H,10,12H2,(H,21,22)/b20-11-. The van der Waals surface area contributed by atoms with Crippen LogP contribution in [0, 0.1) is 11.3 Å². The lowest BCUT2D eigenvalue weighted by atomic mass is 10.2. The van der Waals surface area contributed by atoms with Gasteiger partial charge in [-0.25, -0.2) is 5.43 Å². The van der Waals surface area contributed by atoms with E-state index in [4.69, 9.17) is 14.7 Å². The van der Waals surface area contributed by atoms with Crippen LogP contribution in [-0.4, -0.2) is 25.3 Å². The average molecular weight is 388 g/mol. The molecule has 0 aliphatic carbocycles. The maximum absolute atomic E-state index is 11.6. The highest BCUT2D eigenvalue weighted by Gasteiger charge is 2.01. The molecule has 6 nitrogen and oxygen atoms in total. The smallest absolute Gasteiger partial charge is 0.277 e. The van der Waals surface area contributed by atoms with Crippen LogP contribution >= 0.6 is 15.9 Å². The molecule has 2 aromatic carbocycles. The van der Waals surface area contributed by atoms with Crippen LogP contribution in [0.5, 0.6) is 11.5 Å². The van der Waals surface area contributed by atoms with Gasteiger partial charge in [-0.15, -0.1) is 0 Å². The SMILES string of the molecule is N#CCOc1ccc(/C=N\NC(=O)COc2ccc(Br)cc2)cc1. The van der Waals surface area contributed by atoms with Crippen LogP contribution in [0.4, 0.5) is 0 Å². The van der Waals surface area contributed by atoms with Gasteiger partial charge in [0.2, 0.25) is 0 Å². The van der Waals surface area contributed by atoms with Gasteiger partial charge in [0.15, 0.2) is 13.2 Å². The van der Waals surface area contributed by atoms with Gasteiger partial charge in [-0.1, -0.05) is 15.9 Å². The predicted octanol–water partition coefficient (Wildman–Crippen LogP) is 2.88. The Bertz CT molecular complexity index is 737. The molecule has 0 bridgehead atoms. The Hall–Kier alpha value is -2.85. The maximum atomic E-state index is 11.6. The number of nitrogens with zero attached hydrogens (tertiary/aromatic N) is 2. The lowest BCUT2D eigenvalue weighted by molar-refractivity contribution is -0.123. The summed E-state index contributed by atoms with van der Waals surface area (Å²) >= 11 is 3.32. The van der Waals surface area contributed by atoms with E-state index in [1.807, 2.05) is 18.2 Å². The number of hydrogen-bond acceptors (Lipinski definition) is 5. The highest BCUT2D eigenvalue weighted by molar-refractivity contribution is 9.10. The summed E-state index contributed by atoms with van der Waals surface area (Å²) in [5.74, 6) is 0.842. The second kappa shape index (κ2) is 9.33. The fraction of sp³-hybridized carbons (Fsp3) is 0.118. The number of halogens is 1. The third-order valence-corrected chi connectivity index (χ3v) is 3.30. The highest BCUT2D eigenvalue weighted by atomic mass is 79.9. The van der Waals surface area contributed by atoms with E-state index in [0.717, 1.165) is 10.0 Å². The average Bonchev–Trinajstić information content (AvgIpc) is 2.60. The van der Waals surface area contributed by atoms with E-state index in [1.54, 1.807) is 36.4 Å². The van der Waals surface area contributed by atoms with Gasteiger partial charge in [-0.05, 0) is 54.1 Å². The molecule has 0 aliphatic heterocycles. The molecule has 0 heterocycles. The van der Waals surface area contributed by atoms with E-state index >= 15 is 0 Å². The minimum atomic E-state index is -0.358. The molecule has 0 aliphatic rings. The van der Waals surface area contributed by atoms with Gasteiger partial charge in [0.05, 0.1) is 6.21 Å². The first kappa shape index (κ1) is 17.5. The van der Waals surface area contributed by atoms with Crippen LogP contribution in [0.15, 0.2) is 58.1 Å². The Balaban J connectivity index is 1.75. The highest BCUT2D eigenvalue weighted by Crippen LogP contribution is 2.15. The molecule has 0 aromatic heterocycles. The van der Waals surface area contributed by atoms with Crippen LogP contribution in [0.1, 0.15) is 5.56 Å². The topological polar surface area (TPSA) is 83.7 Å². The summed E-state index contributed by atoms with van der Waals surface area (Å²) in [5.41, 5.74) is 3.17. The van der Waals surface area contributed by atoms with E-state index < -0.39 is 0 Å². The van der Waals surface area contributed by atoms with Crippen molar-refractivity contribution in [1.82, 2.24) is 5.43 Å². The molecular formula is C17H14BrN3O3. The lowest BCUT2D eigenvalue weighted by Crippen LogP contribution is -2.24. The second-order valence-corrected chi connectivity index (χ2v) is 5.47. The van der Waals surface area contributed by atoms with Crippen molar-refractivity contribution in [1.29, 1.82) is 5.26 Å². The summed E-state index contributed by atoms with van der Waals surface area (Å²) in [6, 6.07) is 16.0. The quantitative estimate of drug-likeness (QED) is 0.584. The normalized spacial score (nSPS) is 10.2. The molecule has 2 aromatic rings. The molecule has 0 atom stereocenters. The van der Waals surface area contributed by atoms with Gasteiger partial charge in [0.1, 0.15) is 17.6 Å². The molecule has 24 heavy (non-hydrogen) atoms. The molecule has 0 fully saturated rings. The number of rotatable bonds is 7. The molecule has 7 heteroatoms. The predicted molar refractivity (Wildman–Crippen MR) is 92.9 cm³/mol. The Morgan fingerprint density at radius 1 is 1.12 bits per heavy atom. The molecule has 2 rings (SSSR count). The van der Waals surface area contributed by atoms with Crippen molar-refractivity contribution >= 4 is 28.1 Å². The molecule has 0 saturated heterocycles. The van der Waals surface area contributed by atoms with E-state index in [0.29, 0.717) is 11.5 Å². The largest absolute Gasteiger partial charge is 0.484 e. The maximum Gasteiger partial charge on any atom is 0.277 e. The number of benzene rings is 2. The summed E-state index contributed by atoms with van der Waals surface area (Å²) in [5, 5.41) is 12.3. The molecule has 122 valence electrons. The summed E-state index contributed by atoms with van der Waals surface area (Å²) in [4.78, 5) is 11.6. The van der Waals surface area contributed by atoms with E-state index in [9.17, 15) is 4.79 Å². The Morgan fingerprint density at radius 2 is 1.75 bits per heavy atom. The van der Waals surface area contributed by atoms with Gasteiger partial charge in [0, 0.05) is 4.47 Å². The van der Waals surface area contributed by atoms with E-state index in [-0.39, 0.29) is 19.1 Å². The van der Waals surface area contributed by atoms with Crippen LogP contribution in [-0.2, 0) is 4.79 Å². The first-order valence-corrected chi connectivity index (χ1v) is 7.77. The lowest BCUT2D eigenvalue weighted by Gasteiger charge is -2.04. The summed E-state index contributed by atoms with van der Waals surface area (Å²) in [7, 11) is 0. The monoisotopic (exact) mass is 387 g/mol. The van der Waals surface area contributed by atoms with E-state index in [2.05, 4.69) is 26.5 Å². The van der Waals surface area contributed by atoms with E-state index in [1.165, 1.54) is 6.21 Å². The molecule has 0 spiro atoms. The minimum absolute atomic E-state index is 0.00185. The van der Waals surface area contributed by atoms with Crippen molar-refractivity contribution in [2.24, 2.45) is 5.10 Å². The Kier molecular flexibility index (Phi) is 6.80. The second-order valence-electron chi connectivity index (χ2n) is 4.55. The zero-order valence-corrected chi connectivity index (χ0v) is 14.2. The van der Waals surface area contributed by atoms with Gasteiger partial charge < -0.3 is 9.47 Å². The number of nitrogens with one attached hydrogen (secondary N) is 1. The number of carbonyl (C=O) groups excluding carboxylic acids is 1. The van der Waals surface area contributed by atoms with Gasteiger partial charge in [0.25, 0.3) is 5.91 Å². The number of nitriles is 1. The third kappa shape index (κ3) is 6.10. The zero-order chi connectivity index (χ0) is 17.2. The fourth-order valence-corrected chi connectivity index (χ4v) is 1.92. The Labute approximate surface area is 147 Å². The van der Waals surface area contributed by atoms with Crippen molar-refractivity contribution in [3.63, 3.8) is 0 Å². The first-order valence-electron chi connectivity index (χ1n) is 6.97. The fourth-order valence-electron chi connectivity index (χ4n) is 1.66. The van der Waals surface area contributed by atoms with Gasteiger partial charge in [-0.2, -0.15) is 10.4 Å². The molecule has 1 amide bonds.